The van der Waals surface area contributed by atoms with Gasteiger partial charge in [-0.1, -0.05) is 13.3 Å². The number of nitrogens with two attached hydrogens (primary N) is 1. The molecule has 1 aromatic rings. The maximum atomic E-state index is 11.8. The summed E-state index contributed by atoms with van der Waals surface area (Å²) in [6.45, 7) is 3.79. The second-order valence-electron chi connectivity index (χ2n) is 5.14. The first-order chi connectivity index (χ1) is 11.0. The fourth-order valence-corrected chi connectivity index (χ4v) is 3.39. The molecule has 128 valence electrons. The Hall–Kier alpha value is -0.920. The molecule has 0 atom stereocenters. The van der Waals surface area contributed by atoms with Gasteiger partial charge < -0.3 is 15.8 Å². The summed E-state index contributed by atoms with van der Waals surface area (Å²) in [6.07, 6.45) is 2.99. The molecule has 0 spiro atoms. The first kappa shape index (κ1) is 20.1. The number of nitrogens with one attached hydrogen (secondary N) is 2. The summed E-state index contributed by atoms with van der Waals surface area (Å²) in [6, 6.07) is 3.74. The van der Waals surface area contributed by atoms with Crippen LogP contribution in [0.5, 0.6) is 5.75 Å². The van der Waals surface area contributed by atoms with Crippen LogP contribution in [0.4, 0.5) is 0 Å². The van der Waals surface area contributed by atoms with E-state index in [9.17, 15) is 4.79 Å². The van der Waals surface area contributed by atoms with Crippen LogP contribution in [0, 0.1) is 5.41 Å². The van der Waals surface area contributed by atoms with Crippen molar-refractivity contribution in [3.63, 3.8) is 0 Å². The molecule has 0 heterocycles. The molecule has 0 unspecified atom stereocenters. The molecule has 0 radical (unpaired) electrons. The number of rotatable bonds is 10. The molecule has 1 rings (SSSR count). The first-order valence-electron chi connectivity index (χ1n) is 7.66. The monoisotopic (exact) mass is 447 g/mol. The van der Waals surface area contributed by atoms with E-state index in [0.717, 1.165) is 33.8 Å². The maximum absolute atomic E-state index is 11.8. The van der Waals surface area contributed by atoms with Gasteiger partial charge in [0, 0.05) is 13.0 Å². The third-order valence-electron chi connectivity index (χ3n) is 3.12. The molecule has 23 heavy (non-hydrogen) atoms. The minimum atomic E-state index is -0.311. The number of hydrogen-bond donors (Lipinski definition) is 3. The van der Waals surface area contributed by atoms with Gasteiger partial charge in [0.2, 0.25) is 0 Å². The van der Waals surface area contributed by atoms with Crippen LogP contribution in [0.15, 0.2) is 21.1 Å². The third kappa shape index (κ3) is 7.01. The van der Waals surface area contributed by atoms with Gasteiger partial charge in [-0.15, -0.1) is 0 Å². The first-order valence-corrected chi connectivity index (χ1v) is 9.24. The van der Waals surface area contributed by atoms with Crippen LogP contribution in [0.25, 0.3) is 0 Å². The largest absolute Gasteiger partial charge is 0.491 e. The van der Waals surface area contributed by atoms with E-state index in [0.29, 0.717) is 25.4 Å². The summed E-state index contributed by atoms with van der Waals surface area (Å²) < 4.78 is 7.25. The average Bonchev–Trinajstić information content (AvgIpc) is 2.50. The van der Waals surface area contributed by atoms with Crippen molar-refractivity contribution in [3.8, 4) is 5.75 Å². The molecule has 7 heteroatoms. The molecular weight excluding hydrogens is 426 g/mol. The molecule has 4 N–H and O–H groups in total. The fourth-order valence-electron chi connectivity index (χ4n) is 1.88. The van der Waals surface area contributed by atoms with E-state index in [2.05, 4.69) is 44.1 Å². The Balaban J connectivity index is 2.67. The van der Waals surface area contributed by atoms with E-state index in [1.807, 2.05) is 12.1 Å². The van der Waals surface area contributed by atoms with Gasteiger partial charge in [0.1, 0.15) is 11.5 Å². The minimum Gasteiger partial charge on any atom is -0.491 e. The molecule has 0 saturated heterocycles. The van der Waals surface area contributed by atoms with E-state index in [1.165, 1.54) is 0 Å². The zero-order valence-corrected chi connectivity index (χ0v) is 16.4. The third-order valence-corrected chi connectivity index (χ3v) is 4.30. The molecule has 1 aromatic carbocycles. The van der Waals surface area contributed by atoms with Crippen LogP contribution < -0.4 is 15.8 Å². The summed E-state index contributed by atoms with van der Waals surface area (Å²) in [7, 11) is 0. The van der Waals surface area contributed by atoms with Crippen molar-refractivity contribution in [1.29, 1.82) is 5.41 Å². The van der Waals surface area contributed by atoms with Gasteiger partial charge in [-0.05, 0) is 68.9 Å². The molecule has 1 amide bonds. The van der Waals surface area contributed by atoms with Gasteiger partial charge in [0.25, 0.3) is 5.91 Å². The van der Waals surface area contributed by atoms with Crippen LogP contribution in [-0.4, -0.2) is 31.3 Å². The Kier molecular flexibility index (Phi) is 9.43. The number of benzene rings is 1. The Morgan fingerprint density at radius 2 is 1.96 bits per heavy atom. The lowest BCUT2D eigenvalue weighted by Crippen LogP contribution is -2.32. The predicted octanol–water partition coefficient (Wildman–Crippen LogP) is 3.42. The number of halogens is 2. The lowest BCUT2D eigenvalue weighted by molar-refractivity contribution is -0.114. The van der Waals surface area contributed by atoms with Gasteiger partial charge in [-0.2, -0.15) is 0 Å². The SMILES string of the molecule is CCCCNC(=O)C(=N)Cc1cc(Br)c(OCCCN)c(Br)c1. The zero-order chi connectivity index (χ0) is 17.2. The van der Waals surface area contributed by atoms with Crippen molar-refractivity contribution in [2.75, 3.05) is 19.7 Å². The lowest BCUT2D eigenvalue weighted by Gasteiger charge is -2.12. The van der Waals surface area contributed by atoms with Crippen molar-refractivity contribution in [2.24, 2.45) is 5.73 Å². The van der Waals surface area contributed by atoms with Crippen LogP contribution in [0.3, 0.4) is 0 Å². The van der Waals surface area contributed by atoms with Crippen molar-refractivity contribution in [3.05, 3.63) is 26.6 Å². The quantitative estimate of drug-likeness (QED) is 0.378. The smallest absolute Gasteiger partial charge is 0.265 e. The molecule has 0 fully saturated rings. The topological polar surface area (TPSA) is 88.2 Å². The van der Waals surface area contributed by atoms with Crippen molar-refractivity contribution in [1.82, 2.24) is 5.32 Å². The van der Waals surface area contributed by atoms with Crippen LogP contribution in [0.2, 0.25) is 0 Å². The summed E-state index contributed by atoms with van der Waals surface area (Å²) in [5.74, 6) is 0.398. The Bertz CT molecular complexity index is 527. The van der Waals surface area contributed by atoms with Gasteiger partial charge in [0.05, 0.1) is 15.6 Å². The molecule has 0 bridgehead atoms. The van der Waals surface area contributed by atoms with Crippen molar-refractivity contribution in [2.45, 2.75) is 32.6 Å². The number of unbranched alkanes of at least 4 members (excludes halogenated alkanes) is 1. The van der Waals surface area contributed by atoms with Crippen molar-refractivity contribution >= 4 is 43.5 Å². The number of carbonyl (C=O) groups is 1. The fraction of sp³-hybridized carbons (Fsp3) is 0.500. The molecule has 0 saturated carbocycles. The molecule has 0 aromatic heterocycles. The Morgan fingerprint density at radius 3 is 2.52 bits per heavy atom. The van der Waals surface area contributed by atoms with Crippen molar-refractivity contribution < 1.29 is 9.53 Å². The zero-order valence-electron chi connectivity index (χ0n) is 13.3. The second kappa shape index (κ2) is 10.8. The maximum Gasteiger partial charge on any atom is 0.265 e. The summed E-state index contributed by atoms with van der Waals surface area (Å²) in [5, 5.41) is 10.7. The van der Waals surface area contributed by atoms with Gasteiger partial charge >= 0.3 is 0 Å². The summed E-state index contributed by atoms with van der Waals surface area (Å²) in [4.78, 5) is 11.8. The molecule has 0 aliphatic heterocycles. The molecule has 5 nitrogen and oxygen atoms in total. The normalized spacial score (nSPS) is 10.4. The number of carbonyl (C=O) groups excluding carboxylic acids is 1. The van der Waals surface area contributed by atoms with Crippen LogP contribution in [0.1, 0.15) is 31.7 Å². The van der Waals surface area contributed by atoms with Crippen LogP contribution in [-0.2, 0) is 11.2 Å². The number of amides is 1. The second-order valence-corrected chi connectivity index (χ2v) is 6.85. The highest BCUT2D eigenvalue weighted by atomic mass is 79.9. The van der Waals surface area contributed by atoms with Gasteiger partial charge in [0.15, 0.2) is 0 Å². The number of hydrogen-bond acceptors (Lipinski definition) is 4. The Labute approximate surface area is 154 Å². The highest BCUT2D eigenvalue weighted by Gasteiger charge is 2.13. The Morgan fingerprint density at radius 1 is 1.30 bits per heavy atom. The highest BCUT2D eigenvalue weighted by molar-refractivity contribution is 9.11. The summed E-state index contributed by atoms with van der Waals surface area (Å²) >= 11 is 6.94. The van der Waals surface area contributed by atoms with E-state index >= 15 is 0 Å². The van der Waals surface area contributed by atoms with E-state index in [1.54, 1.807) is 0 Å². The molecule has 0 aliphatic rings. The predicted molar refractivity (Wildman–Crippen MR) is 100 cm³/mol. The minimum absolute atomic E-state index is 0.0525. The number of ether oxygens (including phenoxy) is 1. The van der Waals surface area contributed by atoms with Crippen LogP contribution >= 0.6 is 31.9 Å². The molecule has 0 aliphatic carbocycles. The van der Waals surface area contributed by atoms with E-state index in [-0.39, 0.29) is 18.0 Å². The summed E-state index contributed by atoms with van der Waals surface area (Å²) in [5.41, 5.74) is 6.37. The van der Waals surface area contributed by atoms with Gasteiger partial charge in [-0.25, -0.2) is 0 Å². The van der Waals surface area contributed by atoms with Gasteiger partial charge in [-0.3, -0.25) is 10.2 Å². The van der Waals surface area contributed by atoms with E-state index < -0.39 is 0 Å². The standard InChI is InChI=1S/C16H23Br2N3O2/c1-2-3-6-21-16(22)14(20)10-11-8-12(17)15(13(18)9-11)23-7-4-5-19/h8-9,20H,2-7,10,19H2,1H3,(H,21,22). The molecular formula is C16H23Br2N3O2. The lowest BCUT2D eigenvalue weighted by atomic mass is 10.1. The van der Waals surface area contributed by atoms with E-state index in [4.69, 9.17) is 15.9 Å². The highest BCUT2D eigenvalue weighted by Crippen LogP contribution is 2.35. The average molecular weight is 449 g/mol.